The van der Waals surface area contributed by atoms with Crippen LogP contribution >= 0.6 is 0 Å². The van der Waals surface area contributed by atoms with Gasteiger partial charge in [-0.2, -0.15) is 0 Å². The Kier molecular flexibility index (Phi) is 3.25. The third-order valence-electron chi connectivity index (χ3n) is 5.84. The van der Waals surface area contributed by atoms with Gasteiger partial charge in [-0.15, -0.1) is 0 Å². The lowest BCUT2D eigenvalue weighted by Gasteiger charge is -2.24. The Morgan fingerprint density at radius 3 is 2.62 bits per heavy atom. The van der Waals surface area contributed by atoms with Gasteiger partial charge < -0.3 is 19.1 Å². The van der Waals surface area contributed by atoms with E-state index in [1.54, 1.807) is 0 Å². The molecule has 3 aliphatic heterocycles. The van der Waals surface area contributed by atoms with Crippen molar-refractivity contribution in [3.63, 3.8) is 0 Å². The topological polar surface area (TPSA) is 56.2 Å². The quantitative estimate of drug-likeness (QED) is 0.669. The standard InChI is InChI=1S/C23H19N3O3/c1-26(2)21-7-6-14(10-24-21)15-4-3-5-17-22(15)23(11-25-17)12-27-18-9-20-19(8-16(18)23)28-13-29-20/h3-11H,12-13H2,1-2H3. The van der Waals surface area contributed by atoms with E-state index in [0.717, 1.165) is 51.0 Å². The first-order valence-electron chi connectivity index (χ1n) is 9.55. The van der Waals surface area contributed by atoms with Crippen molar-refractivity contribution in [3.8, 4) is 28.4 Å². The molecule has 0 radical (unpaired) electrons. The molecule has 2 aromatic carbocycles. The molecule has 3 aliphatic rings. The molecule has 3 aromatic rings. The first-order chi connectivity index (χ1) is 14.2. The maximum Gasteiger partial charge on any atom is 0.231 e. The average Bonchev–Trinajstić information content (AvgIpc) is 3.45. The summed E-state index contributed by atoms with van der Waals surface area (Å²) in [4.78, 5) is 11.4. The molecule has 0 amide bonds. The summed E-state index contributed by atoms with van der Waals surface area (Å²) in [6.07, 6.45) is 3.93. The van der Waals surface area contributed by atoms with Gasteiger partial charge in [-0.25, -0.2) is 4.98 Å². The number of aromatic nitrogens is 1. The first kappa shape index (κ1) is 16.4. The Balaban J connectivity index is 1.53. The predicted molar refractivity (Wildman–Crippen MR) is 111 cm³/mol. The van der Waals surface area contributed by atoms with Crippen molar-refractivity contribution in [2.75, 3.05) is 32.4 Å². The molecule has 0 N–H and O–H groups in total. The van der Waals surface area contributed by atoms with Crippen LogP contribution in [0.2, 0.25) is 0 Å². The summed E-state index contributed by atoms with van der Waals surface area (Å²) in [5.41, 5.74) is 4.92. The third-order valence-corrected chi connectivity index (χ3v) is 5.84. The van der Waals surface area contributed by atoms with E-state index in [2.05, 4.69) is 23.2 Å². The van der Waals surface area contributed by atoms with Gasteiger partial charge in [-0.05, 0) is 29.8 Å². The van der Waals surface area contributed by atoms with Crippen LogP contribution in [-0.4, -0.2) is 38.7 Å². The third kappa shape index (κ3) is 2.23. The molecule has 1 aromatic heterocycles. The maximum absolute atomic E-state index is 6.11. The highest BCUT2D eigenvalue weighted by atomic mass is 16.7. The van der Waals surface area contributed by atoms with Crippen LogP contribution in [0.1, 0.15) is 11.1 Å². The second-order valence-corrected chi connectivity index (χ2v) is 7.72. The average molecular weight is 385 g/mol. The van der Waals surface area contributed by atoms with Gasteiger partial charge in [0, 0.05) is 49.3 Å². The number of hydrogen-bond donors (Lipinski definition) is 0. The zero-order valence-electron chi connectivity index (χ0n) is 16.2. The molecule has 6 heteroatoms. The first-order valence-corrected chi connectivity index (χ1v) is 9.55. The van der Waals surface area contributed by atoms with E-state index in [1.165, 1.54) is 0 Å². The number of ether oxygens (including phenoxy) is 3. The Morgan fingerprint density at radius 1 is 0.966 bits per heavy atom. The Morgan fingerprint density at radius 2 is 1.83 bits per heavy atom. The Labute approximate surface area is 168 Å². The van der Waals surface area contributed by atoms with Crippen LogP contribution in [0.25, 0.3) is 11.1 Å². The number of anilines is 1. The van der Waals surface area contributed by atoms with E-state index in [4.69, 9.17) is 19.2 Å². The van der Waals surface area contributed by atoms with Crippen molar-refractivity contribution in [3.05, 3.63) is 59.8 Å². The summed E-state index contributed by atoms with van der Waals surface area (Å²) in [6.45, 7) is 0.743. The van der Waals surface area contributed by atoms with Crippen LogP contribution in [0.3, 0.4) is 0 Å². The van der Waals surface area contributed by atoms with Crippen molar-refractivity contribution in [2.24, 2.45) is 4.99 Å². The van der Waals surface area contributed by atoms with E-state index in [0.29, 0.717) is 6.61 Å². The predicted octanol–water partition coefficient (Wildman–Crippen LogP) is 3.94. The van der Waals surface area contributed by atoms with Crippen molar-refractivity contribution in [1.82, 2.24) is 4.98 Å². The molecule has 6 nitrogen and oxygen atoms in total. The van der Waals surface area contributed by atoms with Gasteiger partial charge in [0.1, 0.15) is 18.2 Å². The lowest BCUT2D eigenvalue weighted by atomic mass is 9.75. The van der Waals surface area contributed by atoms with E-state index in [1.807, 2.05) is 55.7 Å². The van der Waals surface area contributed by atoms with Crippen LogP contribution in [0, 0.1) is 0 Å². The number of fused-ring (bicyclic) bond motifs is 5. The molecule has 0 fully saturated rings. The van der Waals surface area contributed by atoms with Gasteiger partial charge in [0.25, 0.3) is 0 Å². The SMILES string of the molecule is CN(C)c1ccc(-c2cccc3c2C2(C=N3)COc3cc4c(cc32)OCO4)cn1. The fraction of sp³-hybridized carbons (Fsp3) is 0.217. The summed E-state index contributed by atoms with van der Waals surface area (Å²) >= 11 is 0. The van der Waals surface area contributed by atoms with Gasteiger partial charge in [0.05, 0.1) is 11.1 Å². The van der Waals surface area contributed by atoms with Crippen LogP contribution in [0.4, 0.5) is 11.5 Å². The van der Waals surface area contributed by atoms with Crippen molar-refractivity contribution in [1.29, 1.82) is 0 Å². The normalized spacial score (nSPS) is 19.9. The fourth-order valence-corrected chi connectivity index (χ4v) is 4.39. The van der Waals surface area contributed by atoms with E-state index >= 15 is 0 Å². The van der Waals surface area contributed by atoms with Crippen LogP contribution in [0.5, 0.6) is 17.2 Å². The lowest BCUT2D eigenvalue weighted by Crippen LogP contribution is -2.29. The highest BCUT2D eigenvalue weighted by Gasteiger charge is 2.47. The zero-order chi connectivity index (χ0) is 19.6. The molecular formula is C23H19N3O3. The van der Waals surface area contributed by atoms with Crippen molar-refractivity contribution < 1.29 is 14.2 Å². The Bertz CT molecular complexity index is 1170. The molecule has 1 atom stereocenters. The van der Waals surface area contributed by atoms with Gasteiger partial charge >= 0.3 is 0 Å². The van der Waals surface area contributed by atoms with Crippen molar-refractivity contribution >= 4 is 17.7 Å². The fourth-order valence-electron chi connectivity index (χ4n) is 4.39. The smallest absolute Gasteiger partial charge is 0.231 e. The van der Waals surface area contributed by atoms with E-state index < -0.39 is 5.41 Å². The molecule has 4 heterocycles. The number of pyridine rings is 1. The van der Waals surface area contributed by atoms with Crippen LogP contribution in [-0.2, 0) is 5.41 Å². The monoisotopic (exact) mass is 385 g/mol. The molecule has 29 heavy (non-hydrogen) atoms. The van der Waals surface area contributed by atoms with Crippen LogP contribution in [0.15, 0.2) is 53.7 Å². The zero-order valence-corrected chi connectivity index (χ0v) is 16.2. The highest BCUT2D eigenvalue weighted by molar-refractivity contribution is 5.96. The second-order valence-electron chi connectivity index (χ2n) is 7.72. The molecule has 6 rings (SSSR count). The summed E-state index contributed by atoms with van der Waals surface area (Å²) in [6, 6.07) is 14.3. The molecule has 0 aliphatic carbocycles. The maximum atomic E-state index is 6.11. The highest BCUT2D eigenvalue weighted by Crippen LogP contribution is 2.54. The summed E-state index contributed by atoms with van der Waals surface area (Å²) in [5, 5.41) is 0. The molecule has 0 saturated carbocycles. The minimum absolute atomic E-state index is 0.241. The van der Waals surface area contributed by atoms with Crippen molar-refractivity contribution in [2.45, 2.75) is 5.41 Å². The minimum atomic E-state index is -0.442. The Hall–Kier alpha value is -3.54. The summed E-state index contributed by atoms with van der Waals surface area (Å²) < 4.78 is 17.3. The van der Waals surface area contributed by atoms with Gasteiger partial charge in [-0.3, -0.25) is 4.99 Å². The summed E-state index contributed by atoms with van der Waals surface area (Å²) in [5.74, 6) is 3.23. The van der Waals surface area contributed by atoms with E-state index in [9.17, 15) is 0 Å². The molecule has 0 saturated heterocycles. The van der Waals surface area contributed by atoms with E-state index in [-0.39, 0.29) is 6.79 Å². The van der Waals surface area contributed by atoms with Gasteiger partial charge in [0.15, 0.2) is 11.5 Å². The number of rotatable bonds is 2. The number of nitrogens with zero attached hydrogens (tertiary/aromatic N) is 3. The molecule has 0 bridgehead atoms. The van der Waals surface area contributed by atoms with Crippen LogP contribution < -0.4 is 19.1 Å². The lowest BCUT2D eigenvalue weighted by molar-refractivity contribution is 0.173. The molecule has 1 unspecified atom stereocenters. The van der Waals surface area contributed by atoms with Gasteiger partial charge in [-0.1, -0.05) is 12.1 Å². The molecular weight excluding hydrogens is 366 g/mol. The second kappa shape index (κ2) is 5.73. The van der Waals surface area contributed by atoms with Gasteiger partial charge in [0.2, 0.25) is 6.79 Å². The molecule has 144 valence electrons. The number of hydrogen-bond acceptors (Lipinski definition) is 6. The summed E-state index contributed by atoms with van der Waals surface area (Å²) in [7, 11) is 3.98. The number of benzene rings is 2. The molecule has 1 spiro atoms. The minimum Gasteiger partial charge on any atom is -0.491 e. The number of aliphatic imine (C=N–C) groups is 1. The largest absolute Gasteiger partial charge is 0.491 e.